The highest BCUT2D eigenvalue weighted by molar-refractivity contribution is 6.02. The number of hydrogen-bond acceptors (Lipinski definition) is 12. The maximum absolute atomic E-state index is 13.7. The number of nitrogens with zero attached hydrogens (tertiary/aromatic N) is 8. The summed E-state index contributed by atoms with van der Waals surface area (Å²) in [4.78, 5) is 66.5. The number of methoxy groups -OCH3 is 2. The Kier molecular flexibility index (Phi) is 20.7. The van der Waals surface area contributed by atoms with Gasteiger partial charge >= 0.3 is 11.9 Å². The number of rotatable bonds is 16. The van der Waals surface area contributed by atoms with E-state index < -0.39 is 0 Å². The van der Waals surface area contributed by atoms with Gasteiger partial charge in [0.05, 0.1) is 74.3 Å². The first kappa shape index (κ1) is 63.7. The molecule has 92 heavy (non-hydrogen) atoms. The fourth-order valence-electron chi connectivity index (χ4n) is 16.9. The number of benzene rings is 4. The lowest BCUT2D eigenvalue weighted by atomic mass is 9.81. The van der Waals surface area contributed by atoms with Gasteiger partial charge in [-0.05, 0) is 188 Å². The molecule has 8 heterocycles. The van der Waals surface area contributed by atoms with Crippen molar-refractivity contribution < 1.29 is 38.1 Å². The molecule has 2 aromatic heterocycles. The summed E-state index contributed by atoms with van der Waals surface area (Å²) < 4.78 is 28.4. The van der Waals surface area contributed by atoms with E-state index in [2.05, 4.69) is 66.3 Å². The van der Waals surface area contributed by atoms with E-state index in [-0.39, 0.29) is 36.8 Å². The average Bonchev–Trinajstić information content (AvgIpc) is 1.59. The smallest absolute Gasteiger partial charge is 0.337 e. The summed E-state index contributed by atoms with van der Waals surface area (Å²) in [6, 6.07) is 25.2. The Bertz CT molecular complexity index is 3500. The number of amides is 2. The molecule has 0 bridgehead atoms. The molecular weight excluding hydrogens is 1150 g/mol. The molecule has 2 amide bonds. The number of carbonyl (C=O) groups excluding carboxylic acids is 4. The van der Waals surface area contributed by atoms with Gasteiger partial charge in [0, 0.05) is 85.3 Å². The van der Waals surface area contributed by atoms with Crippen LogP contribution in [0.4, 0.5) is 11.4 Å². The van der Waals surface area contributed by atoms with Crippen LogP contribution < -0.4 is 19.3 Å². The van der Waals surface area contributed by atoms with Gasteiger partial charge in [0.15, 0.2) is 11.5 Å². The van der Waals surface area contributed by atoms with Crippen molar-refractivity contribution in [3.63, 3.8) is 0 Å². The molecule has 14 rings (SSSR count). The summed E-state index contributed by atoms with van der Waals surface area (Å²) in [7, 11) is 2.88. The molecule has 6 aliphatic heterocycles. The van der Waals surface area contributed by atoms with Crippen molar-refractivity contribution in [2.24, 2.45) is 0 Å². The van der Waals surface area contributed by atoms with E-state index in [1.807, 2.05) is 45.0 Å². The van der Waals surface area contributed by atoms with Gasteiger partial charge < -0.3 is 57.5 Å². The number of ether oxygens (including phenoxy) is 4. The molecule has 0 N–H and O–H groups in total. The Balaban J connectivity index is 0.000000168. The Labute approximate surface area is 545 Å². The van der Waals surface area contributed by atoms with Crippen molar-refractivity contribution in [1.82, 2.24) is 28.7 Å². The van der Waals surface area contributed by atoms with Gasteiger partial charge in [-0.15, -0.1) is 0 Å². The zero-order valence-corrected chi connectivity index (χ0v) is 55.2. The van der Waals surface area contributed by atoms with Gasteiger partial charge in [-0.1, -0.05) is 75.6 Å². The zero-order chi connectivity index (χ0) is 62.9. The van der Waals surface area contributed by atoms with Crippen molar-refractivity contribution in [3.05, 3.63) is 95.1 Å². The molecule has 16 nitrogen and oxygen atoms in total. The summed E-state index contributed by atoms with van der Waals surface area (Å²) in [6.45, 7) is 14.9. The number of aromatic nitrogens is 2. The van der Waals surface area contributed by atoms with Crippen LogP contribution in [0.15, 0.2) is 72.8 Å². The van der Waals surface area contributed by atoms with E-state index in [1.165, 1.54) is 169 Å². The van der Waals surface area contributed by atoms with Gasteiger partial charge in [0.1, 0.15) is 13.2 Å². The highest BCUT2D eigenvalue weighted by Crippen LogP contribution is 2.52. The minimum atomic E-state index is -0.346. The van der Waals surface area contributed by atoms with Crippen molar-refractivity contribution in [3.8, 4) is 34.0 Å². The minimum absolute atomic E-state index is 0.0646. The van der Waals surface area contributed by atoms with E-state index in [9.17, 15) is 19.2 Å². The van der Waals surface area contributed by atoms with E-state index >= 15 is 0 Å². The standard InChI is InChI=1S/C38H48N4O5.C38H52N4O3/c1-46-38(45)28-16-17-29-32(24-28)42-22-23-47-37-30(36(42)35(29)27-12-5-2-6-13-27)14-11-15-31(37)41(25-33(43)39-18-7-3-8-19-39)26-34(44)40-20-9-4-10-21-40;1-44-38(43)30-16-17-31-34(28-30)42-26-27-45-37-32(36(42)35(31)29-12-5-2-6-13-29)14-11-15-33(37)41(24-22-39-18-7-3-8-19-39)25-23-40-20-9-4-10-21-40/h11,14-17,24,27H,2-10,12-13,18-23,25-26H2,1H3;11,14-17,28-29H,2-10,12-13,18-27H2,1H3. The van der Waals surface area contributed by atoms with Crippen LogP contribution in [0.2, 0.25) is 0 Å². The summed E-state index contributed by atoms with van der Waals surface area (Å²) >= 11 is 0. The topological polar surface area (TPSA) is 135 Å². The molecule has 2 aliphatic carbocycles. The highest BCUT2D eigenvalue weighted by Gasteiger charge is 2.35. The van der Waals surface area contributed by atoms with Crippen LogP contribution in [0.5, 0.6) is 11.5 Å². The van der Waals surface area contributed by atoms with Crippen LogP contribution >= 0.6 is 0 Å². The molecule has 6 fully saturated rings. The number of para-hydroxylation sites is 2. The first-order valence-corrected chi connectivity index (χ1v) is 35.8. The van der Waals surface area contributed by atoms with Crippen LogP contribution in [0.1, 0.15) is 185 Å². The summed E-state index contributed by atoms with van der Waals surface area (Å²) in [5, 5.41) is 2.46. The maximum Gasteiger partial charge on any atom is 0.337 e. The molecule has 0 spiro atoms. The number of likely N-dealkylation sites (tertiary alicyclic amines) is 4. The Hall–Kier alpha value is -7.04. The number of piperidine rings is 4. The van der Waals surface area contributed by atoms with Crippen molar-refractivity contribution in [1.29, 1.82) is 0 Å². The van der Waals surface area contributed by atoms with E-state index in [0.29, 0.717) is 42.7 Å². The molecule has 492 valence electrons. The van der Waals surface area contributed by atoms with Crippen LogP contribution in [-0.2, 0) is 32.2 Å². The Morgan fingerprint density at radius 3 is 1.23 bits per heavy atom. The van der Waals surface area contributed by atoms with Crippen LogP contribution in [-0.4, -0.2) is 172 Å². The van der Waals surface area contributed by atoms with Crippen LogP contribution in [0, 0.1) is 0 Å². The second-order valence-corrected chi connectivity index (χ2v) is 27.5. The number of esters is 2. The van der Waals surface area contributed by atoms with Gasteiger partial charge in [-0.25, -0.2) is 9.59 Å². The molecule has 16 heteroatoms. The molecule has 4 aromatic carbocycles. The normalized spacial score (nSPS) is 19.2. The lowest BCUT2D eigenvalue weighted by Gasteiger charge is -2.34. The number of carbonyl (C=O) groups is 4. The third-order valence-electron chi connectivity index (χ3n) is 21.7. The molecule has 0 unspecified atom stereocenters. The fraction of sp³-hybridized carbons (Fsp3) is 0.579. The number of hydrogen-bond donors (Lipinski definition) is 0. The van der Waals surface area contributed by atoms with Crippen LogP contribution in [0.3, 0.4) is 0 Å². The minimum Gasteiger partial charge on any atom is -0.489 e. The average molecular weight is 1250 g/mol. The second-order valence-electron chi connectivity index (χ2n) is 27.5. The number of fused-ring (bicyclic) bond motifs is 10. The predicted octanol–water partition coefficient (Wildman–Crippen LogP) is 13.7. The molecule has 6 aromatic rings. The lowest BCUT2D eigenvalue weighted by Crippen LogP contribution is -2.47. The van der Waals surface area contributed by atoms with E-state index in [1.54, 1.807) is 0 Å². The first-order chi connectivity index (χ1) is 45.2. The van der Waals surface area contributed by atoms with Crippen LogP contribution in [0.25, 0.3) is 44.3 Å². The summed E-state index contributed by atoms with van der Waals surface area (Å²) in [5.41, 5.74) is 12.7. The zero-order valence-electron chi connectivity index (χ0n) is 55.2. The van der Waals surface area contributed by atoms with Gasteiger partial charge in [0.2, 0.25) is 11.8 Å². The molecular formula is C76H100N8O8. The quantitative estimate of drug-likeness (QED) is 0.0854. The Morgan fingerprint density at radius 1 is 0.446 bits per heavy atom. The summed E-state index contributed by atoms with van der Waals surface area (Å²) in [5.74, 6) is 2.20. The maximum atomic E-state index is 13.7. The third kappa shape index (κ3) is 13.8. The van der Waals surface area contributed by atoms with Crippen molar-refractivity contribution in [2.75, 3.05) is 129 Å². The Morgan fingerprint density at radius 2 is 0.826 bits per heavy atom. The predicted molar refractivity (Wildman–Crippen MR) is 366 cm³/mol. The SMILES string of the molecule is COC(=O)c1ccc2c(C3CCCCC3)c3n(c2c1)CCOc1c-3cccc1N(CC(=O)N1CCCCC1)CC(=O)N1CCCCC1.COC(=O)c1ccc2c(C3CCCCC3)c3n(c2c1)CCOc1c-3cccc1N(CCN1CCCCC1)CCN1CCCCC1. The fourth-order valence-corrected chi connectivity index (χ4v) is 16.9. The lowest BCUT2D eigenvalue weighted by molar-refractivity contribution is -0.131. The monoisotopic (exact) mass is 1250 g/mol. The highest BCUT2D eigenvalue weighted by atomic mass is 16.5. The second kappa shape index (κ2) is 29.9. The molecule has 4 saturated heterocycles. The van der Waals surface area contributed by atoms with E-state index in [4.69, 9.17) is 18.9 Å². The molecule has 0 atom stereocenters. The third-order valence-corrected chi connectivity index (χ3v) is 21.7. The first-order valence-electron chi connectivity index (χ1n) is 35.8. The molecule has 2 saturated carbocycles. The molecule has 8 aliphatic rings. The summed E-state index contributed by atoms with van der Waals surface area (Å²) in [6.07, 6.45) is 26.7. The van der Waals surface area contributed by atoms with Gasteiger partial charge in [-0.2, -0.15) is 0 Å². The van der Waals surface area contributed by atoms with Crippen molar-refractivity contribution >= 4 is 56.9 Å². The van der Waals surface area contributed by atoms with Crippen molar-refractivity contribution in [2.45, 2.75) is 166 Å². The van der Waals surface area contributed by atoms with Gasteiger partial charge in [0.25, 0.3) is 0 Å². The van der Waals surface area contributed by atoms with E-state index in [0.717, 1.165) is 150 Å². The number of anilines is 2. The molecule has 0 radical (unpaired) electrons. The largest absolute Gasteiger partial charge is 0.489 e. The van der Waals surface area contributed by atoms with Gasteiger partial charge in [-0.3, -0.25) is 9.59 Å².